The van der Waals surface area contributed by atoms with Crippen molar-refractivity contribution in [1.29, 1.82) is 0 Å². The molecule has 128 valence electrons. The highest BCUT2D eigenvalue weighted by Crippen LogP contribution is 2.43. The van der Waals surface area contributed by atoms with Crippen molar-refractivity contribution in [1.82, 2.24) is 10.2 Å². The predicted octanol–water partition coefficient (Wildman–Crippen LogP) is 1.27. The summed E-state index contributed by atoms with van der Waals surface area (Å²) in [5.74, 6) is 1.86. The Morgan fingerprint density at radius 1 is 1.17 bits per heavy atom. The van der Waals surface area contributed by atoms with E-state index in [2.05, 4.69) is 10.2 Å². The Morgan fingerprint density at radius 3 is 2.39 bits per heavy atom. The third kappa shape index (κ3) is 2.77. The predicted molar refractivity (Wildman–Crippen MR) is 87.4 cm³/mol. The van der Waals surface area contributed by atoms with Gasteiger partial charge in [0.2, 0.25) is 11.8 Å². The number of likely N-dealkylation sites (tertiary alicyclic amines) is 1. The van der Waals surface area contributed by atoms with Crippen molar-refractivity contribution in [2.24, 2.45) is 28.9 Å². The van der Waals surface area contributed by atoms with Crippen molar-refractivity contribution >= 4 is 11.8 Å². The average molecular weight is 319 g/mol. The zero-order chi connectivity index (χ0) is 16.0. The second kappa shape index (κ2) is 5.76. The Kier molecular flexibility index (Phi) is 3.87. The van der Waals surface area contributed by atoms with Crippen LogP contribution in [0.4, 0.5) is 0 Å². The second-order valence-corrected chi connectivity index (χ2v) is 8.48. The number of hydrogen-bond donors (Lipinski definition) is 2. The van der Waals surface area contributed by atoms with E-state index in [-0.39, 0.29) is 17.2 Å². The molecule has 0 aromatic heterocycles. The molecule has 0 aromatic rings. The van der Waals surface area contributed by atoms with Gasteiger partial charge < -0.3 is 16.0 Å². The van der Waals surface area contributed by atoms with E-state index in [9.17, 15) is 9.59 Å². The molecule has 4 aliphatic rings. The Labute approximate surface area is 138 Å². The number of amides is 2. The number of carbonyl (C=O) groups is 2. The van der Waals surface area contributed by atoms with Crippen LogP contribution in [0.5, 0.6) is 0 Å². The first-order valence-electron chi connectivity index (χ1n) is 9.37. The maximum atomic E-state index is 13.0. The van der Waals surface area contributed by atoms with E-state index in [1.807, 2.05) is 0 Å². The Balaban J connectivity index is 1.36. The van der Waals surface area contributed by atoms with Crippen LogP contribution in [-0.2, 0) is 9.59 Å². The smallest absolute Gasteiger partial charge is 0.225 e. The number of fused-ring (bicyclic) bond motifs is 2. The van der Waals surface area contributed by atoms with Crippen molar-refractivity contribution in [2.75, 3.05) is 19.6 Å². The van der Waals surface area contributed by atoms with Gasteiger partial charge in [-0.2, -0.15) is 0 Å². The SMILES string of the molecule is NC1C2CCCC1CC(C(=O)N1CCC3(CC1)CNC(=O)C3)C2. The van der Waals surface area contributed by atoms with Gasteiger partial charge in [0.25, 0.3) is 0 Å². The van der Waals surface area contributed by atoms with Gasteiger partial charge >= 0.3 is 0 Å². The summed E-state index contributed by atoms with van der Waals surface area (Å²) in [7, 11) is 0. The lowest BCUT2D eigenvalue weighted by atomic mass is 9.64. The molecule has 2 saturated heterocycles. The van der Waals surface area contributed by atoms with E-state index < -0.39 is 0 Å². The van der Waals surface area contributed by atoms with Crippen LogP contribution in [0.2, 0.25) is 0 Å². The van der Waals surface area contributed by atoms with E-state index >= 15 is 0 Å². The van der Waals surface area contributed by atoms with Crippen LogP contribution in [0.1, 0.15) is 51.4 Å². The number of nitrogens with two attached hydrogens (primary N) is 1. The number of nitrogens with one attached hydrogen (secondary N) is 1. The van der Waals surface area contributed by atoms with Gasteiger partial charge in [0, 0.05) is 38.0 Å². The monoisotopic (exact) mass is 319 g/mol. The Morgan fingerprint density at radius 2 is 1.83 bits per heavy atom. The highest BCUT2D eigenvalue weighted by molar-refractivity contribution is 5.80. The van der Waals surface area contributed by atoms with Gasteiger partial charge in [-0.1, -0.05) is 6.42 Å². The van der Waals surface area contributed by atoms with Gasteiger partial charge in [0.1, 0.15) is 0 Å². The van der Waals surface area contributed by atoms with Gasteiger partial charge in [-0.05, 0) is 55.8 Å². The van der Waals surface area contributed by atoms with Crippen molar-refractivity contribution in [3.63, 3.8) is 0 Å². The first kappa shape index (κ1) is 15.4. The molecule has 5 heteroatoms. The summed E-state index contributed by atoms with van der Waals surface area (Å²) in [4.78, 5) is 26.6. The normalized spacial score (nSPS) is 39.3. The van der Waals surface area contributed by atoms with Crippen molar-refractivity contribution in [2.45, 2.75) is 57.4 Å². The highest BCUT2D eigenvalue weighted by atomic mass is 16.2. The van der Waals surface area contributed by atoms with Gasteiger partial charge in [0.15, 0.2) is 0 Å². The average Bonchev–Trinajstić information content (AvgIpc) is 2.88. The number of piperidine rings is 1. The zero-order valence-electron chi connectivity index (χ0n) is 13.9. The van der Waals surface area contributed by atoms with Crippen molar-refractivity contribution in [3.05, 3.63) is 0 Å². The molecular formula is C18H29N3O2. The molecule has 23 heavy (non-hydrogen) atoms. The standard InChI is InChI=1S/C18H29N3O2/c19-16-12-2-1-3-13(16)9-14(8-12)17(23)21-6-4-18(5-7-21)10-15(22)20-11-18/h12-14,16H,1-11,19H2,(H,20,22). The minimum absolute atomic E-state index is 0.124. The van der Waals surface area contributed by atoms with Crippen LogP contribution in [0.25, 0.3) is 0 Å². The number of carbonyl (C=O) groups excluding carboxylic acids is 2. The van der Waals surface area contributed by atoms with Crippen LogP contribution in [0.3, 0.4) is 0 Å². The third-order valence-corrected chi connectivity index (χ3v) is 7.09. The van der Waals surface area contributed by atoms with Crippen LogP contribution in [0.15, 0.2) is 0 Å². The topological polar surface area (TPSA) is 75.4 Å². The quantitative estimate of drug-likeness (QED) is 0.764. The molecule has 2 aliphatic carbocycles. The molecule has 2 heterocycles. The van der Waals surface area contributed by atoms with E-state index in [1.165, 1.54) is 19.3 Å². The fourth-order valence-corrected chi connectivity index (χ4v) is 5.56. The van der Waals surface area contributed by atoms with Crippen molar-refractivity contribution in [3.8, 4) is 0 Å². The summed E-state index contributed by atoms with van der Waals surface area (Å²) in [5, 5.41) is 2.96. The molecule has 4 fully saturated rings. The first-order chi connectivity index (χ1) is 11.1. The Hall–Kier alpha value is -1.10. The molecule has 3 N–H and O–H groups in total. The lowest BCUT2D eigenvalue weighted by molar-refractivity contribution is -0.140. The molecule has 2 saturated carbocycles. The molecule has 0 aromatic carbocycles. The maximum absolute atomic E-state index is 13.0. The van der Waals surface area contributed by atoms with Gasteiger partial charge in [0.05, 0.1) is 0 Å². The summed E-state index contributed by atoms with van der Waals surface area (Å²) in [6.45, 7) is 2.45. The lowest BCUT2D eigenvalue weighted by Crippen LogP contribution is -2.51. The number of hydrogen-bond acceptors (Lipinski definition) is 3. The fraction of sp³-hybridized carbons (Fsp3) is 0.889. The fourth-order valence-electron chi connectivity index (χ4n) is 5.56. The molecule has 0 radical (unpaired) electrons. The summed E-state index contributed by atoms with van der Waals surface area (Å²) < 4.78 is 0. The van der Waals surface area contributed by atoms with Crippen molar-refractivity contribution < 1.29 is 9.59 Å². The molecule has 2 aliphatic heterocycles. The lowest BCUT2D eigenvalue weighted by Gasteiger charge is -2.46. The summed E-state index contributed by atoms with van der Waals surface area (Å²) in [5.41, 5.74) is 6.48. The van der Waals surface area contributed by atoms with Gasteiger partial charge in [-0.15, -0.1) is 0 Å². The number of nitrogens with zero attached hydrogens (tertiary/aromatic N) is 1. The van der Waals surface area contributed by atoms with Crippen LogP contribution < -0.4 is 11.1 Å². The van der Waals surface area contributed by atoms with E-state index in [0.29, 0.717) is 30.2 Å². The zero-order valence-corrected chi connectivity index (χ0v) is 13.9. The van der Waals surface area contributed by atoms with E-state index in [4.69, 9.17) is 5.73 Å². The van der Waals surface area contributed by atoms with Gasteiger partial charge in [-0.3, -0.25) is 9.59 Å². The van der Waals surface area contributed by atoms with E-state index in [1.54, 1.807) is 0 Å². The van der Waals surface area contributed by atoms with Gasteiger partial charge in [-0.25, -0.2) is 0 Å². The minimum Gasteiger partial charge on any atom is -0.356 e. The summed E-state index contributed by atoms with van der Waals surface area (Å²) >= 11 is 0. The third-order valence-electron chi connectivity index (χ3n) is 7.09. The molecule has 2 amide bonds. The van der Waals surface area contributed by atoms with Crippen LogP contribution >= 0.6 is 0 Å². The second-order valence-electron chi connectivity index (χ2n) is 8.48. The molecule has 1 spiro atoms. The first-order valence-corrected chi connectivity index (χ1v) is 9.37. The molecule has 2 bridgehead atoms. The van der Waals surface area contributed by atoms with E-state index in [0.717, 1.165) is 45.3 Å². The summed E-state index contributed by atoms with van der Waals surface area (Å²) in [6.07, 6.45) is 8.29. The minimum atomic E-state index is 0.124. The molecular weight excluding hydrogens is 290 g/mol. The maximum Gasteiger partial charge on any atom is 0.225 e. The number of rotatable bonds is 1. The molecule has 4 rings (SSSR count). The van der Waals surface area contributed by atoms with Crippen LogP contribution in [0, 0.1) is 23.2 Å². The molecule has 5 nitrogen and oxygen atoms in total. The summed E-state index contributed by atoms with van der Waals surface area (Å²) in [6, 6.07) is 0.327. The molecule has 2 atom stereocenters. The Bertz CT molecular complexity index is 484. The highest BCUT2D eigenvalue weighted by Gasteiger charge is 2.45. The largest absolute Gasteiger partial charge is 0.356 e. The molecule has 2 unspecified atom stereocenters. The van der Waals surface area contributed by atoms with Crippen LogP contribution in [-0.4, -0.2) is 42.4 Å².